The zero-order valence-corrected chi connectivity index (χ0v) is 18.5. The monoisotopic (exact) mass is 428 g/mol. The minimum Gasteiger partial charge on any atom is -0.494 e. The number of carbonyl (C=O) groups is 3. The molecule has 3 heterocycles. The van der Waals surface area contributed by atoms with Crippen molar-refractivity contribution in [2.45, 2.75) is 57.9 Å². The van der Waals surface area contributed by atoms with E-state index in [0.717, 1.165) is 64.0 Å². The lowest BCUT2D eigenvalue weighted by molar-refractivity contribution is -0.920. The van der Waals surface area contributed by atoms with E-state index >= 15 is 0 Å². The number of rotatable bonds is 8. The molecule has 7 heteroatoms. The lowest BCUT2D eigenvalue weighted by atomic mass is 9.92. The molecule has 3 aliphatic rings. The minimum absolute atomic E-state index is 0.0802. The van der Waals surface area contributed by atoms with Crippen LogP contribution in [0.25, 0.3) is 0 Å². The normalized spacial score (nSPS) is 26.7. The van der Waals surface area contributed by atoms with Crippen LogP contribution in [-0.4, -0.2) is 61.4 Å². The number of benzene rings is 1. The third-order valence-electron chi connectivity index (χ3n) is 6.93. The number of likely N-dealkylation sites (tertiary alicyclic amines) is 2. The minimum atomic E-state index is -0.273. The van der Waals surface area contributed by atoms with E-state index in [1.807, 2.05) is 17.0 Å². The van der Waals surface area contributed by atoms with E-state index in [1.54, 1.807) is 12.1 Å². The molecule has 0 aliphatic carbocycles. The summed E-state index contributed by atoms with van der Waals surface area (Å²) in [6.07, 6.45) is 6.07. The number of amides is 3. The molecule has 1 atom stereocenters. The standard InChI is InChI=1S/C24H33N3O4/c1-2-16-31-20-7-5-19(6-8-20)27-23(29)17-21(24(27)30)25-13-9-18(10-14-25)11-15-26-12-3-4-22(26)28/h5-8,18,21H,2-4,9-17H2,1H3/p+1/t21-/m1/s1. The SMILES string of the molecule is CCCOc1ccc(N2C(=O)C[C@@H]([NH+]3CCC(CCN4CCCC4=O)CC3)C2=O)cc1. The molecule has 1 aromatic rings. The van der Waals surface area contributed by atoms with Gasteiger partial charge in [0.1, 0.15) is 5.75 Å². The Morgan fingerprint density at radius 2 is 1.81 bits per heavy atom. The Labute approximate surface area is 184 Å². The zero-order valence-electron chi connectivity index (χ0n) is 18.5. The molecule has 1 N–H and O–H groups in total. The Balaban J connectivity index is 1.29. The molecule has 0 spiro atoms. The number of hydrogen-bond acceptors (Lipinski definition) is 4. The molecule has 168 valence electrons. The molecule has 4 rings (SSSR count). The molecule has 0 unspecified atom stereocenters. The number of imide groups is 1. The quantitative estimate of drug-likeness (QED) is 0.636. The molecule has 3 fully saturated rings. The molecule has 0 radical (unpaired) electrons. The summed E-state index contributed by atoms with van der Waals surface area (Å²) in [5.41, 5.74) is 0.630. The fourth-order valence-electron chi connectivity index (χ4n) is 5.10. The Hall–Kier alpha value is -2.41. The zero-order chi connectivity index (χ0) is 21.8. The van der Waals surface area contributed by atoms with Crippen molar-refractivity contribution in [2.75, 3.05) is 37.7 Å². The summed E-state index contributed by atoms with van der Waals surface area (Å²) in [5, 5.41) is 0. The highest BCUT2D eigenvalue weighted by atomic mass is 16.5. The Morgan fingerprint density at radius 1 is 1.06 bits per heavy atom. The number of nitrogens with one attached hydrogen (secondary N) is 1. The van der Waals surface area contributed by atoms with E-state index in [1.165, 1.54) is 9.80 Å². The first-order chi connectivity index (χ1) is 15.1. The van der Waals surface area contributed by atoms with Crippen LogP contribution in [0.4, 0.5) is 5.69 Å². The average Bonchev–Trinajstić information content (AvgIpc) is 3.33. The smallest absolute Gasteiger partial charge is 0.292 e. The van der Waals surface area contributed by atoms with Crippen molar-refractivity contribution in [3.8, 4) is 5.75 Å². The topological polar surface area (TPSA) is 71.4 Å². The predicted octanol–water partition coefficient (Wildman–Crippen LogP) is 1.41. The number of ether oxygens (including phenoxy) is 1. The van der Waals surface area contributed by atoms with Gasteiger partial charge in [-0.05, 0) is 62.3 Å². The largest absolute Gasteiger partial charge is 0.494 e. The van der Waals surface area contributed by atoms with E-state index in [9.17, 15) is 14.4 Å². The lowest BCUT2D eigenvalue weighted by Crippen LogP contribution is -3.17. The molecule has 3 aliphatic heterocycles. The predicted molar refractivity (Wildman–Crippen MR) is 117 cm³/mol. The fraction of sp³-hybridized carbons (Fsp3) is 0.625. The van der Waals surface area contributed by atoms with Gasteiger partial charge in [-0.15, -0.1) is 0 Å². The number of carbonyl (C=O) groups excluding carboxylic acids is 3. The molecule has 7 nitrogen and oxygen atoms in total. The lowest BCUT2D eigenvalue weighted by Gasteiger charge is -2.32. The summed E-state index contributed by atoms with van der Waals surface area (Å²) in [6.45, 7) is 6.31. The van der Waals surface area contributed by atoms with E-state index in [2.05, 4.69) is 6.92 Å². The fourth-order valence-corrected chi connectivity index (χ4v) is 5.10. The van der Waals surface area contributed by atoms with Crippen LogP contribution in [0.3, 0.4) is 0 Å². The second-order valence-electron chi connectivity index (χ2n) is 9.04. The van der Waals surface area contributed by atoms with Crippen molar-refractivity contribution in [1.82, 2.24) is 4.90 Å². The number of piperidine rings is 1. The van der Waals surface area contributed by atoms with Crippen molar-refractivity contribution in [3.63, 3.8) is 0 Å². The van der Waals surface area contributed by atoms with Crippen LogP contribution in [0, 0.1) is 5.92 Å². The molecule has 0 saturated carbocycles. The summed E-state index contributed by atoms with van der Waals surface area (Å²) in [7, 11) is 0. The van der Waals surface area contributed by atoms with Gasteiger partial charge in [-0.2, -0.15) is 0 Å². The molecule has 0 bridgehead atoms. The van der Waals surface area contributed by atoms with Gasteiger partial charge in [-0.3, -0.25) is 14.4 Å². The van der Waals surface area contributed by atoms with E-state index in [4.69, 9.17) is 4.74 Å². The number of nitrogens with zero attached hydrogens (tertiary/aromatic N) is 2. The molecule has 0 aromatic heterocycles. The number of quaternary nitrogens is 1. The van der Waals surface area contributed by atoms with Crippen molar-refractivity contribution in [2.24, 2.45) is 5.92 Å². The van der Waals surface area contributed by atoms with Crippen LogP contribution in [-0.2, 0) is 14.4 Å². The van der Waals surface area contributed by atoms with Gasteiger partial charge in [-0.25, -0.2) is 4.90 Å². The molecule has 3 saturated heterocycles. The number of hydrogen-bond donors (Lipinski definition) is 1. The first kappa shape index (κ1) is 21.8. The summed E-state index contributed by atoms with van der Waals surface area (Å²) in [4.78, 5) is 42.1. The Bertz CT molecular complexity index is 802. The van der Waals surface area contributed by atoms with Crippen LogP contribution < -0.4 is 14.5 Å². The molecule has 1 aromatic carbocycles. The highest BCUT2D eigenvalue weighted by Crippen LogP contribution is 2.25. The van der Waals surface area contributed by atoms with Gasteiger partial charge >= 0.3 is 0 Å². The second kappa shape index (κ2) is 9.81. The third kappa shape index (κ3) is 4.92. The average molecular weight is 429 g/mol. The van der Waals surface area contributed by atoms with E-state index in [0.29, 0.717) is 30.5 Å². The van der Waals surface area contributed by atoms with Gasteiger partial charge in [0, 0.05) is 19.5 Å². The summed E-state index contributed by atoms with van der Waals surface area (Å²) in [6, 6.07) is 6.96. The molecular weight excluding hydrogens is 394 g/mol. The van der Waals surface area contributed by atoms with Crippen molar-refractivity contribution < 1.29 is 24.0 Å². The number of anilines is 1. The Kier molecular flexibility index (Phi) is 6.90. The van der Waals surface area contributed by atoms with Crippen molar-refractivity contribution in [1.29, 1.82) is 0 Å². The maximum atomic E-state index is 13.1. The maximum Gasteiger partial charge on any atom is 0.292 e. The summed E-state index contributed by atoms with van der Waals surface area (Å²) in [5.74, 6) is 1.46. The van der Waals surface area contributed by atoms with Crippen LogP contribution in [0.2, 0.25) is 0 Å². The van der Waals surface area contributed by atoms with Crippen molar-refractivity contribution >= 4 is 23.4 Å². The van der Waals surface area contributed by atoms with E-state index < -0.39 is 0 Å². The summed E-state index contributed by atoms with van der Waals surface area (Å²) < 4.78 is 5.60. The van der Waals surface area contributed by atoms with Crippen molar-refractivity contribution in [3.05, 3.63) is 24.3 Å². The van der Waals surface area contributed by atoms with Crippen LogP contribution in [0.5, 0.6) is 5.75 Å². The van der Waals surface area contributed by atoms with Gasteiger partial charge in [-0.1, -0.05) is 6.92 Å². The molecule has 3 amide bonds. The highest BCUT2D eigenvalue weighted by molar-refractivity contribution is 6.21. The highest BCUT2D eigenvalue weighted by Gasteiger charge is 2.46. The van der Waals surface area contributed by atoms with Crippen LogP contribution >= 0.6 is 0 Å². The first-order valence-corrected chi connectivity index (χ1v) is 11.8. The maximum absolute atomic E-state index is 13.1. The second-order valence-corrected chi connectivity index (χ2v) is 9.04. The third-order valence-corrected chi connectivity index (χ3v) is 6.93. The molecule has 31 heavy (non-hydrogen) atoms. The summed E-state index contributed by atoms with van der Waals surface area (Å²) >= 11 is 0. The first-order valence-electron chi connectivity index (χ1n) is 11.8. The van der Waals surface area contributed by atoms with Gasteiger partial charge in [0.25, 0.3) is 5.91 Å². The van der Waals surface area contributed by atoms with Gasteiger partial charge in [0.15, 0.2) is 6.04 Å². The van der Waals surface area contributed by atoms with E-state index in [-0.39, 0.29) is 24.3 Å². The van der Waals surface area contributed by atoms with Gasteiger partial charge < -0.3 is 14.5 Å². The van der Waals surface area contributed by atoms with Crippen LogP contribution in [0.1, 0.15) is 51.9 Å². The van der Waals surface area contributed by atoms with Crippen LogP contribution in [0.15, 0.2) is 24.3 Å². The Morgan fingerprint density at radius 3 is 2.45 bits per heavy atom. The van der Waals surface area contributed by atoms with Gasteiger partial charge in [0.2, 0.25) is 11.8 Å². The van der Waals surface area contributed by atoms with Gasteiger partial charge in [0.05, 0.1) is 31.8 Å². The molecular formula is C24H34N3O4+.